The van der Waals surface area contributed by atoms with Crippen molar-refractivity contribution in [3.05, 3.63) is 12.2 Å². The van der Waals surface area contributed by atoms with Crippen molar-refractivity contribution in [2.24, 2.45) is 17.8 Å². The van der Waals surface area contributed by atoms with E-state index < -0.39 is 30.8 Å². The molecule has 4 bridgehead atoms. The van der Waals surface area contributed by atoms with E-state index in [1.54, 1.807) is 6.92 Å². The first-order valence-corrected chi connectivity index (χ1v) is 12.7. The summed E-state index contributed by atoms with van der Waals surface area (Å²) in [6, 6.07) is 0. The number of rotatable bonds is 10. The summed E-state index contributed by atoms with van der Waals surface area (Å²) in [5, 5.41) is 0. The van der Waals surface area contributed by atoms with Crippen LogP contribution in [0.25, 0.3) is 0 Å². The molecule has 0 aromatic carbocycles. The van der Waals surface area contributed by atoms with Crippen molar-refractivity contribution >= 4 is 17.9 Å². The fourth-order valence-corrected chi connectivity index (χ4v) is 6.64. The van der Waals surface area contributed by atoms with Gasteiger partial charge in [-0.15, -0.1) is 0 Å². The van der Waals surface area contributed by atoms with E-state index in [0.29, 0.717) is 5.92 Å². The van der Waals surface area contributed by atoms with Gasteiger partial charge in [-0.1, -0.05) is 25.8 Å². The molecule has 0 N–H and O–H groups in total. The van der Waals surface area contributed by atoms with Gasteiger partial charge >= 0.3 is 17.9 Å². The highest BCUT2D eigenvalue weighted by Crippen LogP contribution is 2.58. The summed E-state index contributed by atoms with van der Waals surface area (Å²) in [5.41, 5.74) is -0.117. The van der Waals surface area contributed by atoms with Gasteiger partial charge in [-0.3, -0.25) is 0 Å². The van der Waals surface area contributed by atoms with Crippen LogP contribution in [0.2, 0.25) is 0 Å². The molecule has 34 heavy (non-hydrogen) atoms. The zero-order valence-corrected chi connectivity index (χ0v) is 20.4. The van der Waals surface area contributed by atoms with E-state index in [1.807, 2.05) is 0 Å². The van der Waals surface area contributed by atoms with Crippen LogP contribution in [0.15, 0.2) is 12.2 Å². The molecule has 5 aliphatic carbocycles. The maximum absolute atomic E-state index is 12.4. The second kappa shape index (κ2) is 10.8. The third kappa shape index (κ3) is 6.19. The van der Waals surface area contributed by atoms with E-state index >= 15 is 0 Å². The van der Waals surface area contributed by atoms with Crippen molar-refractivity contribution in [1.82, 2.24) is 0 Å². The number of carbonyl (C=O) groups is 3. The van der Waals surface area contributed by atoms with E-state index in [9.17, 15) is 14.4 Å². The zero-order valence-electron chi connectivity index (χ0n) is 20.4. The average Bonchev–Trinajstić information content (AvgIpc) is 2.78. The Labute approximate surface area is 201 Å². The van der Waals surface area contributed by atoms with Crippen molar-refractivity contribution in [2.75, 3.05) is 13.2 Å². The van der Waals surface area contributed by atoms with Crippen molar-refractivity contribution < 1.29 is 38.1 Å². The minimum atomic E-state index is -0.597. The summed E-state index contributed by atoms with van der Waals surface area (Å²) in [5.74, 6) is -0.634. The van der Waals surface area contributed by atoms with E-state index in [2.05, 4.69) is 6.58 Å². The number of ether oxygens (including phenoxy) is 5. The molecule has 3 atom stereocenters. The molecule has 0 amide bonds. The second-order valence-corrected chi connectivity index (χ2v) is 10.7. The lowest BCUT2D eigenvalue weighted by Gasteiger charge is -2.58. The molecule has 190 valence electrons. The molecule has 5 fully saturated rings. The number of carbonyl (C=O) groups excluding carboxylic acids is 3. The molecule has 0 aliphatic heterocycles. The van der Waals surface area contributed by atoms with Gasteiger partial charge in [0.05, 0.1) is 11.7 Å². The Hall–Kier alpha value is -1.93. The van der Waals surface area contributed by atoms with Gasteiger partial charge in [0.25, 0.3) is 0 Å². The summed E-state index contributed by atoms with van der Waals surface area (Å²) in [6.45, 7) is 6.31. The average molecular weight is 479 g/mol. The maximum Gasteiger partial charge on any atom is 0.344 e. The van der Waals surface area contributed by atoms with Gasteiger partial charge < -0.3 is 23.7 Å². The van der Waals surface area contributed by atoms with Gasteiger partial charge in [-0.25, -0.2) is 14.4 Å². The molecule has 0 heterocycles. The third-order valence-corrected chi connectivity index (χ3v) is 7.80. The van der Waals surface area contributed by atoms with Crippen LogP contribution in [-0.4, -0.2) is 55.2 Å². The summed E-state index contributed by atoms with van der Waals surface area (Å²) in [7, 11) is 0. The Morgan fingerprint density at radius 3 is 2.29 bits per heavy atom. The molecule has 5 aliphatic rings. The lowest BCUT2D eigenvalue weighted by atomic mass is 9.53. The highest BCUT2D eigenvalue weighted by molar-refractivity contribution is 5.88. The van der Waals surface area contributed by atoms with Crippen LogP contribution < -0.4 is 0 Å². The van der Waals surface area contributed by atoms with Gasteiger partial charge in [-0.2, -0.15) is 0 Å². The van der Waals surface area contributed by atoms with Gasteiger partial charge in [0.1, 0.15) is 12.7 Å². The van der Waals surface area contributed by atoms with Gasteiger partial charge in [-0.05, 0) is 76.5 Å². The molecule has 8 nitrogen and oxygen atoms in total. The zero-order chi connectivity index (χ0) is 24.3. The molecule has 0 radical (unpaired) electrons. The highest BCUT2D eigenvalue weighted by atomic mass is 16.7. The summed E-state index contributed by atoms with van der Waals surface area (Å²) in [4.78, 5) is 36.2. The van der Waals surface area contributed by atoms with Crippen molar-refractivity contribution in [3.63, 3.8) is 0 Å². The molecule has 0 aromatic heterocycles. The van der Waals surface area contributed by atoms with E-state index in [4.69, 9.17) is 23.7 Å². The van der Waals surface area contributed by atoms with E-state index in [-0.39, 0.29) is 41.8 Å². The van der Waals surface area contributed by atoms with E-state index in [1.165, 1.54) is 13.3 Å². The van der Waals surface area contributed by atoms with Gasteiger partial charge in [0.2, 0.25) is 6.29 Å². The van der Waals surface area contributed by atoms with Crippen LogP contribution in [0.5, 0.6) is 0 Å². The van der Waals surface area contributed by atoms with Gasteiger partial charge in [0, 0.05) is 5.57 Å². The highest BCUT2D eigenvalue weighted by Gasteiger charge is 2.57. The molecule has 8 heteroatoms. The Morgan fingerprint density at radius 2 is 1.65 bits per heavy atom. The largest absolute Gasteiger partial charge is 0.459 e. The summed E-state index contributed by atoms with van der Waals surface area (Å²) < 4.78 is 28.2. The fraction of sp³-hybridized carbons (Fsp3) is 0.808. The molecule has 5 saturated carbocycles. The Morgan fingerprint density at radius 1 is 0.971 bits per heavy atom. The van der Waals surface area contributed by atoms with E-state index in [0.717, 1.165) is 57.8 Å². The minimum absolute atomic E-state index is 0.0914. The first-order chi connectivity index (χ1) is 16.2. The first kappa shape index (κ1) is 25.2. The van der Waals surface area contributed by atoms with Crippen molar-refractivity contribution in [2.45, 2.75) is 102 Å². The van der Waals surface area contributed by atoms with Gasteiger partial charge in [0.15, 0.2) is 6.61 Å². The lowest BCUT2D eigenvalue weighted by molar-refractivity contribution is -0.224. The predicted octanol–water partition coefficient (Wildman–Crippen LogP) is 3.85. The Bertz CT molecular complexity index is 770. The summed E-state index contributed by atoms with van der Waals surface area (Å²) >= 11 is 0. The molecule has 5 rings (SSSR count). The minimum Gasteiger partial charge on any atom is -0.459 e. The Balaban J connectivity index is 1.23. The van der Waals surface area contributed by atoms with Crippen molar-refractivity contribution in [1.29, 1.82) is 0 Å². The molecular formula is C26H38O8. The van der Waals surface area contributed by atoms with Crippen LogP contribution in [0.4, 0.5) is 0 Å². The first-order valence-electron chi connectivity index (χ1n) is 12.7. The molecule has 0 aromatic rings. The van der Waals surface area contributed by atoms with Crippen molar-refractivity contribution in [3.8, 4) is 0 Å². The van der Waals surface area contributed by atoms with Crippen LogP contribution in [0.1, 0.15) is 78.1 Å². The fourth-order valence-electron chi connectivity index (χ4n) is 6.64. The SMILES string of the molecule is C=C(C)C(=O)OCC(=O)OC1C2CC3CC1CC(OCC(=O)OC(C)OC1CCCCC1)(C3)C2. The summed E-state index contributed by atoms with van der Waals surface area (Å²) in [6.07, 6.45) is 9.43. The van der Waals surface area contributed by atoms with Crippen LogP contribution in [0.3, 0.4) is 0 Å². The second-order valence-electron chi connectivity index (χ2n) is 10.7. The normalized spacial score (nSPS) is 33.2. The molecular weight excluding hydrogens is 440 g/mol. The molecule has 0 saturated heterocycles. The third-order valence-electron chi connectivity index (χ3n) is 7.80. The monoisotopic (exact) mass is 478 g/mol. The standard InChI is InChI=1S/C26H38O8/c1-16(2)25(29)30-14-22(27)34-24-19-9-18-10-20(24)13-26(11-18,12-19)31-15-23(28)33-17(3)32-21-7-5-4-6-8-21/h17-21,24H,1,4-15H2,2-3H3. The number of hydrogen-bond acceptors (Lipinski definition) is 8. The maximum atomic E-state index is 12.4. The van der Waals surface area contributed by atoms with Crippen LogP contribution in [-0.2, 0) is 38.1 Å². The number of esters is 3. The van der Waals surface area contributed by atoms with Crippen LogP contribution in [0, 0.1) is 17.8 Å². The molecule has 3 unspecified atom stereocenters. The van der Waals surface area contributed by atoms with Crippen LogP contribution >= 0.6 is 0 Å². The quantitative estimate of drug-likeness (QED) is 0.202. The topological polar surface area (TPSA) is 97.4 Å². The lowest BCUT2D eigenvalue weighted by Crippen LogP contribution is -2.59. The predicted molar refractivity (Wildman–Crippen MR) is 121 cm³/mol. The number of hydrogen-bond donors (Lipinski definition) is 0. The Kier molecular flexibility index (Phi) is 7.97. The molecule has 0 spiro atoms. The smallest absolute Gasteiger partial charge is 0.344 e.